The Morgan fingerprint density at radius 1 is 1.32 bits per heavy atom. The minimum absolute atomic E-state index is 0.0751. The van der Waals surface area contributed by atoms with Gasteiger partial charge in [0, 0.05) is 13.1 Å². The molecule has 1 rings (SSSR count). The molecule has 0 radical (unpaired) electrons. The molecule has 0 unspecified atom stereocenters. The lowest BCUT2D eigenvalue weighted by Gasteiger charge is -2.11. The van der Waals surface area contributed by atoms with Crippen LogP contribution in [-0.2, 0) is 16.6 Å². The van der Waals surface area contributed by atoms with Crippen molar-refractivity contribution in [2.24, 2.45) is 0 Å². The van der Waals surface area contributed by atoms with Gasteiger partial charge in [-0.3, -0.25) is 0 Å². The minimum Gasteiger partial charge on any atom is -0.491 e. The molecule has 0 aliphatic heterocycles. The van der Waals surface area contributed by atoms with Crippen LogP contribution in [0.15, 0.2) is 24.3 Å². The highest BCUT2D eigenvalue weighted by Gasteiger charge is 2.05. The van der Waals surface area contributed by atoms with Gasteiger partial charge in [-0.15, -0.1) is 0 Å². The Morgan fingerprint density at radius 2 is 2.05 bits per heavy atom. The molecule has 0 aliphatic carbocycles. The Hall–Kier alpha value is -1.11. The normalized spacial score (nSPS) is 11.8. The maximum absolute atomic E-state index is 11.2. The first-order valence-electron chi connectivity index (χ1n) is 6.30. The summed E-state index contributed by atoms with van der Waals surface area (Å²) in [5, 5.41) is 3.10. The standard InChI is InChI=1S/C13H22N2O3S/c1-11(2)18-13-6-4-5-12(9-13)10-15-7-8-19(16,17)14-3/h4-6,9,11,14-15H,7-8,10H2,1-3H3. The van der Waals surface area contributed by atoms with Gasteiger partial charge in [0.1, 0.15) is 5.75 Å². The molecule has 0 saturated carbocycles. The second-order valence-corrected chi connectivity index (χ2v) is 6.56. The van der Waals surface area contributed by atoms with Crippen molar-refractivity contribution in [3.63, 3.8) is 0 Å². The quantitative estimate of drug-likeness (QED) is 0.703. The zero-order chi connectivity index (χ0) is 14.3. The molecule has 19 heavy (non-hydrogen) atoms. The van der Waals surface area contributed by atoms with Crippen molar-refractivity contribution in [3.8, 4) is 5.75 Å². The van der Waals surface area contributed by atoms with E-state index in [1.165, 1.54) is 7.05 Å². The highest BCUT2D eigenvalue weighted by atomic mass is 32.2. The first kappa shape index (κ1) is 15.9. The molecule has 1 aromatic carbocycles. The first-order chi connectivity index (χ1) is 8.93. The number of hydrogen-bond acceptors (Lipinski definition) is 4. The van der Waals surface area contributed by atoms with Gasteiger partial charge in [0.25, 0.3) is 0 Å². The van der Waals surface area contributed by atoms with Crippen molar-refractivity contribution in [2.45, 2.75) is 26.5 Å². The van der Waals surface area contributed by atoms with Gasteiger partial charge in [-0.05, 0) is 38.6 Å². The van der Waals surface area contributed by atoms with Crippen LogP contribution in [0, 0.1) is 0 Å². The smallest absolute Gasteiger partial charge is 0.212 e. The molecular weight excluding hydrogens is 264 g/mol. The minimum atomic E-state index is -3.14. The van der Waals surface area contributed by atoms with E-state index in [1.807, 2.05) is 38.1 Å². The fourth-order valence-corrected chi connectivity index (χ4v) is 2.16. The van der Waals surface area contributed by atoms with Gasteiger partial charge in [-0.25, -0.2) is 13.1 Å². The summed E-state index contributed by atoms with van der Waals surface area (Å²) in [4.78, 5) is 0. The number of nitrogens with one attached hydrogen (secondary N) is 2. The maximum Gasteiger partial charge on any atom is 0.212 e. The van der Waals surface area contributed by atoms with Gasteiger partial charge in [0.2, 0.25) is 10.0 Å². The number of hydrogen-bond donors (Lipinski definition) is 2. The van der Waals surface area contributed by atoms with Crippen LogP contribution in [0.1, 0.15) is 19.4 Å². The SMILES string of the molecule is CNS(=O)(=O)CCNCc1cccc(OC(C)C)c1. The van der Waals surface area contributed by atoms with Crippen LogP contribution >= 0.6 is 0 Å². The summed E-state index contributed by atoms with van der Waals surface area (Å²) in [7, 11) is -1.72. The third-order valence-electron chi connectivity index (χ3n) is 2.46. The van der Waals surface area contributed by atoms with E-state index in [1.54, 1.807) is 0 Å². The van der Waals surface area contributed by atoms with E-state index in [4.69, 9.17) is 4.74 Å². The third kappa shape index (κ3) is 6.56. The van der Waals surface area contributed by atoms with E-state index >= 15 is 0 Å². The van der Waals surface area contributed by atoms with E-state index in [2.05, 4.69) is 10.0 Å². The Balaban J connectivity index is 2.41. The van der Waals surface area contributed by atoms with Gasteiger partial charge in [-0.1, -0.05) is 12.1 Å². The predicted octanol–water partition coefficient (Wildman–Crippen LogP) is 1.11. The van der Waals surface area contributed by atoms with Crippen molar-refractivity contribution >= 4 is 10.0 Å². The molecule has 1 aromatic rings. The molecule has 5 nitrogen and oxygen atoms in total. The molecule has 0 aromatic heterocycles. The van der Waals surface area contributed by atoms with Crippen LogP contribution in [0.4, 0.5) is 0 Å². The summed E-state index contributed by atoms with van der Waals surface area (Å²) < 4.78 is 30.3. The lowest BCUT2D eigenvalue weighted by molar-refractivity contribution is 0.242. The Bertz CT molecular complexity index is 486. The van der Waals surface area contributed by atoms with E-state index in [9.17, 15) is 8.42 Å². The van der Waals surface area contributed by atoms with E-state index in [-0.39, 0.29) is 11.9 Å². The van der Waals surface area contributed by atoms with E-state index < -0.39 is 10.0 Å². The Labute approximate surface area is 115 Å². The van der Waals surface area contributed by atoms with Crippen molar-refractivity contribution < 1.29 is 13.2 Å². The molecule has 0 saturated heterocycles. The molecule has 0 bridgehead atoms. The summed E-state index contributed by atoms with van der Waals surface area (Å²) >= 11 is 0. The molecule has 0 amide bonds. The highest BCUT2D eigenvalue weighted by Crippen LogP contribution is 2.14. The van der Waals surface area contributed by atoms with E-state index in [0.29, 0.717) is 13.1 Å². The molecule has 0 atom stereocenters. The lowest BCUT2D eigenvalue weighted by Crippen LogP contribution is -2.29. The number of ether oxygens (including phenoxy) is 1. The number of rotatable bonds is 8. The molecule has 0 heterocycles. The van der Waals surface area contributed by atoms with Crippen molar-refractivity contribution in [2.75, 3.05) is 19.3 Å². The van der Waals surface area contributed by atoms with Crippen molar-refractivity contribution in [1.29, 1.82) is 0 Å². The lowest BCUT2D eigenvalue weighted by atomic mass is 10.2. The zero-order valence-electron chi connectivity index (χ0n) is 11.6. The van der Waals surface area contributed by atoms with Crippen LogP contribution in [0.5, 0.6) is 5.75 Å². The molecular formula is C13H22N2O3S. The van der Waals surface area contributed by atoms with Crippen LogP contribution in [0.2, 0.25) is 0 Å². The van der Waals surface area contributed by atoms with Crippen LogP contribution in [0.3, 0.4) is 0 Å². The van der Waals surface area contributed by atoms with E-state index in [0.717, 1.165) is 11.3 Å². The third-order valence-corrected chi connectivity index (χ3v) is 3.82. The molecule has 6 heteroatoms. The molecule has 0 fully saturated rings. The zero-order valence-corrected chi connectivity index (χ0v) is 12.5. The maximum atomic E-state index is 11.2. The average Bonchev–Trinajstić information content (AvgIpc) is 2.34. The predicted molar refractivity (Wildman–Crippen MR) is 76.8 cm³/mol. The average molecular weight is 286 g/mol. The summed E-state index contributed by atoms with van der Waals surface area (Å²) in [6.07, 6.45) is 0.143. The highest BCUT2D eigenvalue weighted by molar-refractivity contribution is 7.89. The second-order valence-electron chi connectivity index (χ2n) is 4.51. The Kier molecular flexibility index (Phi) is 6.27. The topological polar surface area (TPSA) is 67.4 Å². The molecule has 108 valence electrons. The summed E-state index contributed by atoms with van der Waals surface area (Å²) in [5.74, 6) is 0.906. The number of sulfonamides is 1. The largest absolute Gasteiger partial charge is 0.491 e. The Morgan fingerprint density at radius 3 is 2.68 bits per heavy atom. The van der Waals surface area contributed by atoms with Crippen LogP contribution in [0.25, 0.3) is 0 Å². The molecule has 0 spiro atoms. The molecule has 2 N–H and O–H groups in total. The van der Waals surface area contributed by atoms with Crippen molar-refractivity contribution in [3.05, 3.63) is 29.8 Å². The first-order valence-corrected chi connectivity index (χ1v) is 7.95. The summed E-state index contributed by atoms with van der Waals surface area (Å²) in [6, 6.07) is 7.78. The van der Waals surface area contributed by atoms with Crippen LogP contribution < -0.4 is 14.8 Å². The monoisotopic (exact) mass is 286 g/mol. The van der Waals surface area contributed by atoms with Gasteiger partial charge in [-0.2, -0.15) is 0 Å². The van der Waals surface area contributed by atoms with Gasteiger partial charge in [0.05, 0.1) is 11.9 Å². The fraction of sp³-hybridized carbons (Fsp3) is 0.538. The van der Waals surface area contributed by atoms with Gasteiger partial charge in [0.15, 0.2) is 0 Å². The van der Waals surface area contributed by atoms with Crippen LogP contribution in [-0.4, -0.2) is 33.9 Å². The summed E-state index contributed by atoms with van der Waals surface area (Å²) in [6.45, 7) is 4.99. The van der Waals surface area contributed by atoms with Gasteiger partial charge >= 0.3 is 0 Å². The van der Waals surface area contributed by atoms with Crippen molar-refractivity contribution in [1.82, 2.24) is 10.0 Å². The molecule has 0 aliphatic rings. The summed E-state index contributed by atoms with van der Waals surface area (Å²) in [5.41, 5.74) is 1.07. The second kappa shape index (κ2) is 7.47. The fourth-order valence-electron chi connectivity index (χ4n) is 1.54. The number of benzene rings is 1. The van der Waals surface area contributed by atoms with Gasteiger partial charge < -0.3 is 10.1 Å².